The molecule has 0 atom stereocenters. The molecule has 124 valence electrons. The Morgan fingerprint density at radius 2 is 1.91 bits per heavy atom. The van der Waals surface area contributed by atoms with Gasteiger partial charge in [-0.2, -0.15) is 5.26 Å². The summed E-state index contributed by atoms with van der Waals surface area (Å²) in [5.74, 6) is 0. The highest BCUT2D eigenvalue weighted by atomic mass is 15.1. The van der Waals surface area contributed by atoms with Crippen molar-refractivity contribution in [1.82, 2.24) is 14.5 Å². The van der Waals surface area contributed by atoms with Crippen LogP contribution in [0.5, 0.6) is 0 Å². The van der Waals surface area contributed by atoms with Crippen LogP contribution in [0.15, 0.2) is 24.5 Å². The average Bonchev–Trinajstić information content (AvgIpc) is 2.98. The van der Waals surface area contributed by atoms with Crippen LogP contribution in [0.25, 0.3) is 11.0 Å². The van der Waals surface area contributed by atoms with E-state index in [-0.39, 0.29) is 0 Å². The van der Waals surface area contributed by atoms with Crippen LogP contribution < -0.4 is 0 Å². The lowest BCUT2D eigenvalue weighted by Gasteiger charge is -2.17. The summed E-state index contributed by atoms with van der Waals surface area (Å²) in [4.78, 5) is 6.80. The average molecular weight is 312 g/mol. The fraction of sp³-hybridized carbons (Fsp3) is 0.579. The second kappa shape index (κ2) is 9.32. The van der Waals surface area contributed by atoms with E-state index in [1.807, 2.05) is 24.5 Å². The quantitative estimate of drug-likeness (QED) is 0.618. The van der Waals surface area contributed by atoms with Crippen molar-refractivity contribution < 1.29 is 0 Å². The molecule has 0 N–H and O–H groups in total. The molecule has 0 saturated heterocycles. The highest BCUT2D eigenvalue weighted by Crippen LogP contribution is 2.14. The number of fused-ring (bicyclic) bond motifs is 1. The van der Waals surface area contributed by atoms with Gasteiger partial charge >= 0.3 is 0 Å². The minimum Gasteiger partial charge on any atom is -0.329 e. The number of nitrogens with zero attached hydrogens (tertiary/aromatic N) is 4. The van der Waals surface area contributed by atoms with E-state index in [4.69, 9.17) is 5.26 Å². The van der Waals surface area contributed by atoms with Crippen LogP contribution in [-0.4, -0.2) is 34.6 Å². The topological polar surface area (TPSA) is 44.9 Å². The largest absolute Gasteiger partial charge is 0.329 e. The maximum atomic E-state index is 9.03. The molecule has 4 nitrogen and oxygen atoms in total. The van der Waals surface area contributed by atoms with Gasteiger partial charge in [0.2, 0.25) is 0 Å². The Hall–Kier alpha value is -1.86. The van der Waals surface area contributed by atoms with Gasteiger partial charge in [0, 0.05) is 13.1 Å². The van der Waals surface area contributed by atoms with Crippen LogP contribution in [0.3, 0.4) is 0 Å². The second-order valence-electron chi connectivity index (χ2n) is 6.32. The fourth-order valence-electron chi connectivity index (χ4n) is 2.86. The summed E-state index contributed by atoms with van der Waals surface area (Å²) in [6.45, 7) is 5.34. The van der Waals surface area contributed by atoms with E-state index in [0.717, 1.165) is 30.7 Å². The first-order valence-electron chi connectivity index (χ1n) is 8.78. The zero-order valence-corrected chi connectivity index (χ0v) is 14.5. The monoisotopic (exact) mass is 312 g/mol. The second-order valence-corrected chi connectivity index (χ2v) is 6.32. The minimum absolute atomic E-state index is 0.694. The molecule has 1 heterocycles. The summed E-state index contributed by atoms with van der Waals surface area (Å²) in [6, 6.07) is 7.87. The number of rotatable bonds is 10. The molecule has 2 aromatic rings. The number of imidazole rings is 1. The van der Waals surface area contributed by atoms with Gasteiger partial charge in [0.1, 0.15) is 0 Å². The number of likely N-dealkylation sites (N-methyl/N-ethyl adjacent to an activating group) is 1. The fourth-order valence-corrected chi connectivity index (χ4v) is 2.86. The summed E-state index contributed by atoms with van der Waals surface area (Å²) in [5, 5.41) is 9.03. The minimum atomic E-state index is 0.694. The maximum Gasteiger partial charge on any atom is 0.0992 e. The first-order chi connectivity index (χ1) is 11.2. The molecule has 0 bridgehead atoms. The molecule has 0 aliphatic rings. The van der Waals surface area contributed by atoms with Crippen LogP contribution in [0.2, 0.25) is 0 Å². The third-order valence-electron chi connectivity index (χ3n) is 4.37. The predicted octanol–water partition coefficient (Wildman–Crippen LogP) is 4.20. The van der Waals surface area contributed by atoms with Crippen LogP contribution in [-0.2, 0) is 6.54 Å². The van der Waals surface area contributed by atoms with E-state index >= 15 is 0 Å². The van der Waals surface area contributed by atoms with Crippen molar-refractivity contribution in [3.63, 3.8) is 0 Å². The molecule has 2 rings (SSSR count). The van der Waals surface area contributed by atoms with Crippen LogP contribution in [0, 0.1) is 11.3 Å². The summed E-state index contributed by atoms with van der Waals surface area (Å²) in [7, 11) is 2.19. The number of unbranched alkanes of at least 4 members (excludes halogenated alkanes) is 5. The summed E-state index contributed by atoms with van der Waals surface area (Å²) < 4.78 is 2.15. The molecule has 4 heteroatoms. The molecule has 23 heavy (non-hydrogen) atoms. The lowest BCUT2D eigenvalue weighted by molar-refractivity contribution is 0.311. The third-order valence-corrected chi connectivity index (χ3v) is 4.37. The molecule has 1 aromatic heterocycles. The van der Waals surface area contributed by atoms with E-state index in [1.165, 1.54) is 38.5 Å². The maximum absolute atomic E-state index is 9.03. The number of hydrogen-bond acceptors (Lipinski definition) is 3. The van der Waals surface area contributed by atoms with Gasteiger partial charge in [0.15, 0.2) is 0 Å². The molecule has 0 spiro atoms. The van der Waals surface area contributed by atoms with Gasteiger partial charge in [0.05, 0.1) is 29.0 Å². The molecule has 0 fully saturated rings. The van der Waals surface area contributed by atoms with Crippen LogP contribution >= 0.6 is 0 Å². The molecule has 0 aliphatic heterocycles. The number of benzene rings is 1. The van der Waals surface area contributed by atoms with Crippen molar-refractivity contribution in [3.8, 4) is 6.07 Å². The lowest BCUT2D eigenvalue weighted by atomic mass is 10.1. The van der Waals surface area contributed by atoms with Gasteiger partial charge in [-0.05, 0) is 38.2 Å². The summed E-state index contributed by atoms with van der Waals surface area (Å²) >= 11 is 0. The number of nitriles is 1. The highest BCUT2D eigenvalue weighted by Gasteiger charge is 2.05. The molecular weight excluding hydrogens is 284 g/mol. The third kappa shape index (κ3) is 5.37. The van der Waals surface area contributed by atoms with E-state index in [1.54, 1.807) is 0 Å². The molecule has 0 radical (unpaired) electrons. The highest BCUT2D eigenvalue weighted by molar-refractivity contribution is 5.76. The zero-order chi connectivity index (χ0) is 16.5. The Morgan fingerprint density at radius 3 is 2.70 bits per heavy atom. The Bertz CT molecular complexity index is 638. The Labute approximate surface area is 139 Å². The molecular formula is C19H28N4. The molecule has 1 aromatic carbocycles. The van der Waals surface area contributed by atoms with Gasteiger partial charge in [0.25, 0.3) is 0 Å². The van der Waals surface area contributed by atoms with Crippen molar-refractivity contribution in [2.75, 3.05) is 20.1 Å². The van der Waals surface area contributed by atoms with Crippen molar-refractivity contribution >= 4 is 11.0 Å². The first-order valence-corrected chi connectivity index (χ1v) is 8.78. The summed E-state index contributed by atoms with van der Waals surface area (Å²) in [6.07, 6.45) is 9.92. The normalized spacial score (nSPS) is 11.2. The lowest BCUT2D eigenvalue weighted by Crippen LogP contribution is -2.24. The molecule has 0 saturated carbocycles. The molecule has 0 unspecified atom stereocenters. The smallest absolute Gasteiger partial charge is 0.0992 e. The number of hydrogen-bond donors (Lipinski definition) is 0. The number of aromatic nitrogens is 2. The van der Waals surface area contributed by atoms with Gasteiger partial charge in [-0.3, -0.25) is 0 Å². The van der Waals surface area contributed by atoms with E-state index in [2.05, 4.69) is 34.5 Å². The Kier molecular flexibility index (Phi) is 7.09. The van der Waals surface area contributed by atoms with Gasteiger partial charge < -0.3 is 9.47 Å². The van der Waals surface area contributed by atoms with Crippen molar-refractivity contribution in [2.45, 2.75) is 52.0 Å². The SMILES string of the molecule is CCCCCCCCN(C)CCn1cnc2ccc(C#N)cc21. The first kappa shape index (κ1) is 17.5. The van der Waals surface area contributed by atoms with Gasteiger partial charge in [-0.1, -0.05) is 39.0 Å². The predicted molar refractivity (Wildman–Crippen MR) is 95.3 cm³/mol. The van der Waals surface area contributed by atoms with Crippen LogP contribution in [0.1, 0.15) is 51.0 Å². The molecule has 0 amide bonds. The van der Waals surface area contributed by atoms with Crippen LogP contribution in [0.4, 0.5) is 0 Å². The van der Waals surface area contributed by atoms with Crippen molar-refractivity contribution in [1.29, 1.82) is 5.26 Å². The standard InChI is InChI=1S/C19H28N4/c1-3-4-5-6-7-8-11-22(2)12-13-23-16-21-18-10-9-17(15-20)14-19(18)23/h9-10,14,16H,3-8,11-13H2,1-2H3. The Morgan fingerprint density at radius 1 is 1.13 bits per heavy atom. The zero-order valence-electron chi connectivity index (χ0n) is 14.5. The van der Waals surface area contributed by atoms with E-state index in [9.17, 15) is 0 Å². The van der Waals surface area contributed by atoms with Gasteiger partial charge in [-0.15, -0.1) is 0 Å². The van der Waals surface area contributed by atoms with E-state index < -0.39 is 0 Å². The summed E-state index contributed by atoms with van der Waals surface area (Å²) in [5.41, 5.74) is 2.71. The van der Waals surface area contributed by atoms with Crippen molar-refractivity contribution in [2.24, 2.45) is 0 Å². The van der Waals surface area contributed by atoms with Crippen molar-refractivity contribution in [3.05, 3.63) is 30.1 Å². The Balaban J connectivity index is 1.76. The van der Waals surface area contributed by atoms with Gasteiger partial charge in [-0.25, -0.2) is 4.98 Å². The van der Waals surface area contributed by atoms with E-state index in [0.29, 0.717) is 5.56 Å². The molecule has 0 aliphatic carbocycles.